The van der Waals surface area contributed by atoms with Crippen molar-refractivity contribution in [2.45, 2.75) is 20.0 Å². The molecule has 0 saturated heterocycles. The highest BCUT2D eigenvalue weighted by Gasteiger charge is 2.05. The molecular formula is C20H26N4O3. The molecule has 2 aromatic rings. The Hall–Kier alpha value is -3.22. The molecule has 7 nitrogen and oxygen atoms in total. The summed E-state index contributed by atoms with van der Waals surface area (Å²) in [5.41, 5.74) is 3.95. The van der Waals surface area contributed by atoms with Crippen LogP contribution in [0.1, 0.15) is 16.7 Å². The van der Waals surface area contributed by atoms with E-state index in [2.05, 4.69) is 31.7 Å². The average molecular weight is 370 g/mol. The Balaban J connectivity index is 1.88. The lowest BCUT2D eigenvalue weighted by Crippen LogP contribution is -2.36. The van der Waals surface area contributed by atoms with Crippen molar-refractivity contribution in [1.29, 1.82) is 0 Å². The zero-order valence-corrected chi connectivity index (χ0v) is 16.1. The summed E-state index contributed by atoms with van der Waals surface area (Å²) in [6.45, 7) is 3.24. The highest BCUT2D eigenvalue weighted by molar-refractivity contribution is 5.84. The monoisotopic (exact) mass is 370 g/mol. The molecule has 0 aromatic heterocycles. The maximum Gasteiger partial charge on any atom is 0.411 e. The quantitative estimate of drug-likeness (QED) is 0.538. The van der Waals surface area contributed by atoms with Crippen LogP contribution in [0, 0.1) is 6.92 Å². The van der Waals surface area contributed by atoms with Crippen LogP contribution >= 0.6 is 0 Å². The summed E-state index contributed by atoms with van der Waals surface area (Å²) < 4.78 is 10.00. The second-order valence-corrected chi connectivity index (χ2v) is 5.91. The van der Waals surface area contributed by atoms with Gasteiger partial charge in [-0.25, -0.2) is 4.79 Å². The third-order valence-corrected chi connectivity index (χ3v) is 3.96. The number of carbonyl (C=O) groups excluding carboxylic acids is 1. The molecule has 0 heterocycles. The van der Waals surface area contributed by atoms with E-state index in [0.717, 1.165) is 22.4 Å². The molecule has 27 heavy (non-hydrogen) atoms. The standard InChI is InChI=1S/C20H26N4O3/c1-14-5-8-16(18(11-14)26-3)13-23-19(21-2)22-12-15-6-9-17(10-7-15)24-20(25)27-4/h5-11H,12-13H2,1-4H3,(H,24,25)(H2,21,22,23). The van der Waals surface area contributed by atoms with E-state index in [-0.39, 0.29) is 0 Å². The van der Waals surface area contributed by atoms with Gasteiger partial charge < -0.3 is 20.1 Å². The van der Waals surface area contributed by atoms with Crippen molar-refractivity contribution in [2.75, 3.05) is 26.6 Å². The Morgan fingerprint density at radius 2 is 1.74 bits per heavy atom. The molecule has 1 amide bonds. The fraction of sp³-hybridized carbons (Fsp3) is 0.300. The molecule has 0 radical (unpaired) electrons. The minimum absolute atomic E-state index is 0.489. The fourth-order valence-electron chi connectivity index (χ4n) is 2.46. The molecule has 0 unspecified atom stereocenters. The minimum Gasteiger partial charge on any atom is -0.496 e. The highest BCUT2D eigenvalue weighted by atomic mass is 16.5. The number of amides is 1. The summed E-state index contributed by atoms with van der Waals surface area (Å²) in [7, 11) is 4.73. The number of hydrogen-bond acceptors (Lipinski definition) is 4. The van der Waals surface area contributed by atoms with E-state index in [0.29, 0.717) is 24.7 Å². The van der Waals surface area contributed by atoms with Crippen LogP contribution in [0.25, 0.3) is 0 Å². The molecule has 0 saturated carbocycles. The first-order chi connectivity index (χ1) is 13.0. The number of nitrogens with zero attached hydrogens (tertiary/aromatic N) is 1. The van der Waals surface area contributed by atoms with Crippen molar-refractivity contribution in [2.24, 2.45) is 4.99 Å². The van der Waals surface area contributed by atoms with E-state index in [9.17, 15) is 4.79 Å². The zero-order chi connectivity index (χ0) is 19.6. The average Bonchev–Trinajstić information content (AvgIpc) is 2.69. The number of methoxy groups -OCH3 is 2. The van der Waals surface area contributed by atoms with Gasteiger partial charge in [0.25, 0.3) is 0 Å². The van der Waals surface area contributed by atoms with E-state index < -0.39 is 6.09 Å². The normalized spacial score (nSPS) is 10.9. The Kier molecular flexibility index (Phi) is 7.49. The van der Waals surface area contributed by atoms with Gasteiger partial charge in [0.15, 0.2) is 5.96 Å². The number of anilines is 1. The molecule has 0 spiro atoms. The predicted octanol–water partition coefficient (Wildman–Crippen LogP) is 3.05. The van der Waals surface area contributed by atoms with Crippen molar-refractivity contribution in [3.05, 3.63) is 59.2 Å². The number of benzene rings is 2. The molecule has 0 bridgehead atoms. The van der Waals surface area contributed by atoms with Gasteiger partial charge in [-0.1, -0.05) is 24.3 Å². The number of aliphatic imine (C=N–C) groups is 1. The molecular weight excluding hydrogens is 344 g/mol. The van der Waals surface area contributed by atoms with E-state index in [1.807, 2.05) is 43.3 Å². The van der Waals surface area contributed by atoms with E-state index in [1.54, 1.807) is 14.2 Å². The van der Waals surface area contributed by atoms with Crippen LogP contribution in [0.3, 0.4) is 0 Å². The maximum atomic E-state index is 11.2. The smallest absolute Gasteiger partial charge is 0.411 e. The molecule has 144 valence electrons. The molecule has 0 aliphatic rings. The first-order valence-corrected chi connectivity index (χ1v) is 8.57. The molecule has 2 rings (SSSR count). The lowest BCUT2D eigenvalue weighted by atomic mass is 10.1. The largest absolute Gasteiger partial charge is 0.496 e. The van der Waals surface area contributed by atoms with Crippen molar-refractivity contribution in [3.8, 4) is 5.75 Å². The Bertz CT molecular complexity index is 788. The third kappa shape index (κ3) is 6.22. The number of guanidine groups is 1. The summed E-state index contributed by atoms with van der Waals surface area (Å²) in [6.07, 6.45) is -0.489. The molecule has 2 aromatic carbocycles. The van der Waals surface area contributed by atoms with Crippen LogP contribution in [0.4, 0.5) is 10.5 Å². The number of nitrogens with one attached hydrogen (secondary N) is 3. The lowest BCUT2D eigenvalue weighted by Gasteiger charge is -2.14. The second kappa shape index (κ2) is 10.1. The van der Waals surface area contributed by atoms with Gasteiger partial charge in [0.1, 0.15) is 5.75 Å². The summed E-state index contributed by atoms with van der Waals surface area (Å²) >= 11 is 0. The van der Waals surface area contributed by atoms with Crippen LogP contribution in [0.5, 0.6) is 5.75 Å². The van der Waals surface area contributed by atoms with E-state index in [1.165, 1.54) is 7.11 Å². The van der Waals surface area contributed by atoms with E-state index in [4.69, 9.17) is 4.74 Å². The minimum atomic E-state index is -0.489. The first-order valence-electron chi connectivity index (χ1n) is 8.57. The first kappa shape index (κ1) is 20.1. The van der Waals surface area contributed by atoms with Gasteiger partial charge in [-0.05, 0) is 36.2 Å². The van der Waals surface area contributed by atoms with Gasteiger partial charge in [-0.2, -0.15) is 0 Å². The Labute approximate surface area is 159 Å². The van der Waals surface area contributed by atoms with Gasteiger partial charge in [0, 0.05) is 31.4 Å². The SMILES string of the molecule is CN=C(NCc1ccc(NC(=O)OC)cc1)NCc1ccc(C)cc1OC. The zero-order valence-electron chi connectivity index (χ0n) is 16.1. The molecule has 0 aliphatic carbocycles. The fourth-order valence-corrected chi connectivity index (χ4v) is 2.46. The van der Waals surface area contributed by atoms with Crippen LogP contribution < -0.4 is 20.7 Å². The van der Waals surface area contributed by atoms with Crippen LogP contribution in [-0.4, -0.2) is 33.3 Å². The number of aryl methyl sites for hydroxylation is 1. The number of carbonyl (C=O) groups is 1. The molecule has 0 atom stereocenters. The summed E-state index contributed by atoms with van der Waals surface area (Å²) in [5.74, 6) is 1.54. The molecule has 0 aliphatic heterocycles. The summed E-state index contributed by atoms with van der Waals surface area (Å²) in [5, 5.41) is 9.16. The van der Waals surface area contributed by atoms with Crippen molar-refractivity contribution in [3.63, 3.8) is 0 Å². The number of rotatable bonds is 6. The van der Waals surface area contributed by atoms with Gasteiger partial charge in [-0.15, -0.1) is 0 Å². The second-order valence-electron chi connectivity index (χ2n) is 5.91. The van der Waals surface area contributed by atoms with E-state index >= 15 is 0 Å². The van der Waals surface area contributed by atoms with Gasteiger partial charge >= 0.3 is 6.09 Å². The number of ether oxygens (including phenoxy) is 2. The van der Waals surface area contributed by atoms with Crippen LogP contribution in [0.15, 0.2) is 47.5 Å². The molecule has 7 heteroatoms. The lowest BCUT2D eigenvalue weighted by molar-refractivity contribution is 0.187. The van der Waals surface area contributed by atoms with Crippen LogP contribution in [0.2, 0.25) is 0 Å². The summed E-state index contributed by atoms with van der Waals surface area (Å²) in [6, 6.07) is 13.6. The van der Waals surface area contributed by atoms with Gasteiger partial charge in [0.05, 0.1) is 14.2 Å². The Morgan fingerprint density at radius 3 is 2.37 bits per heavy atom. The predicted molar refractivity (Wildman–Crippen MR) is 107 cm³/mol. The molecule has 3 N–H and O–H groups in total. The third-order valence-electron chi connectivity index (χ3n) is 3.96. The van der Waals surface area contributed by atoms with Crippen molar-refractivity contribution in [1.82, 2.24) is 10.6 Å². The van der Waals surface area contributed by atoms with Crippen LogP contribution in [-0.2, 0) is 17.8 Å². The van der Waals surface area contributed by atoms with Gasteiger partial charge in [0.2, 0.25) is 0 Å². The summed E-state index contributed by atoms with van der Waals surface area (Å²) in [4.78, 5) is 15.4. The van der Waals surface area contributed by atoms with Crippen molar-refractivity contribution >= 4 is 17.7 Å². The number of hydrogen-bond donors (Lipinski definition) is 3. The Morgan fingerprint density at radius 1 is 1.04 bits per heavy atom. The van der Waals surface area contributed by atoms with Crippen molar-refractivity contribution < 1.29 is 14.3 Å². The highest BCUT2D eigenvalue weighted by Crippen LogP contribution is 2.19. The van der Waals surface area contributed by atoms with Gasteiger partial charge in [-0.3, -0.25) is 10.3 Å². The molecule has 0 fully saturated rings. The topological polar surface area (TPSA) is 84.0 Å². The maximum absolute atomic E-state index is 11.2.